The number of carbonyl (C=O) groups is 1. The predicted octanol–water partition coefficient (Wildman–Crippen LogP) is -0.0159. The number of methoxy groups -OCH3 is 1. The third kappa shape index (κ3) is 4.38. The molecule has 3 heterocycles. The number of ether oxygens (including phenoxy) is 1. The van der Waals surface area contributed by atoms with Crippen molar-refractivity contribution < 1.29 is 9.53 Å². The number of nitrogens with two attached hydrogens (primary N) is 1. The molecular formula is C17H28N6O2. The summed E-state index contributed by atoms with van der Waals surface area (Å²) in [4.78, 5) is 27.7. The lowest BCUT2D eigenvalue weighted by Crippen LogP contribution is -2.51. The Morgan fingerprint density at radius 1 is 1.28 bits per heavy atom. The fourth-order valence-electron chi connectivity index (χ4n) is 3.61. The fourth-order valence-corrected chi connectivity index (χ4v) is 3.61. The first-order chi connectivity index (χ1) is 12.1. The number of nitrogen functional groups attached to an aromatic ring is 1. The Balaban J connectivity index is 1.51. The maximum atomic E-state index is 12.8. The van der Waals surface area contributed by atoms with Crippen LogP contribution in [0.15, 0.2) is 6.07 Å². The van der Waals surface area contributed by atoms with Crippen molar-refractivity contribution in [1.82, 2.24) is 19.8 Å². The van der Waals surface area contributed by atoms with Crippen LogP contribution in [-0.4, -0.2) is 85.2 Å². The van der Waals surface area contributed by atoms with Crippen molar-refractivity contribution in [1.29, 1.82) is 0 Å². The van der Waals surface area contributed by atoms with Gasteiger partial charge >= 0.3 is 0 Å². The predicted molar refractivity (Wildman–Crippen MR) is 96.4 cm³/mol. The number of nitrogens with zero attached hydrogens (tertiary/aromatic N) is 5. The summed E-state index contributed by atoms with van der Waals surface area (Å²) >= 11 is 0. The van der Waals surface area contributed by atoms with Crippen molar-refractivity contribution in [3.05, 3.63) is 11.8 Å². The van der Waals surface area contributed by atoms with E-state index in [9.17, 15) is 4.79 Å². The van der Waals surface area contributed by atoms with Crippen LogP contribution in [0.25, 0.3) is 0 Å². The topological polar surface area (TPSA) is 87.8 Å². The molecule has 138 valence electrons. The van der Waals surface area contributed by atoms with Crippen LogP contribution in [0.1, 0.15) is 12.1 Å². The van der Waals surface area contributed by atoms with Gasteiger partial charge in [0.1, 0.15) is 5.82 Å². The average molecular weight is 348 g/mol. The lowest BCUT2D eigenvalue weighted by atomic mass is 10.1. The van der Waals surface area contributed by atoms with Crippen LogP contribution in [0.4, 0.5) is 11.8 Å². The van der Waals surface area contributed by atoms with E-state index in [0.29, 0.717) is 5.95 Å². The minimum Gasteiger partial charge on any atom is -0.383 e. The van der Waals surface area contributed by atoms with E-state index >= 15 is 0 Å². The molecule has 0 radical (unpaired) electrons. The van der Waals surface area contributed by atoms with Crippen LogP contribution >= 0.6 is 0 Å². The smallest absolute Gasteiger partial charge is 0.227 e. The maximum absolute atomic E-state index is 12.8. The molecule has 0 bridgehead atoms. The molecule has 25 heavy (non-hydrogen) atoms. The van der Waals surface area contributed by atoms with Gasteiger partial charge in [-0.1, -0.05) is 0 Å². The lowest BCUT2D eigenvalue weighted by molar-refractivity contribution is -0.135. The molecule has 1 unspecified atom stereocenters. The van der Waals surface area contributed by atoms with Crippen molar-refractivity contribution in [2.45, 2.75) is 13.3 Å². The molecule has 2 saturated heterocycles. The summed E-state index contributed by atoms with van der Waals surface area (Å²) in [7, 11) is 1.71. The highest BCUT2D eigenvalue weighted by atomic mass is 16.5. The summed E-state index contributed by atoms with van der Waals surface area (Å²) in [6.07, 6.45) is 0.949. The number of piperazine rings is 1. The van der Waals surface area contributed by atoms with E-state index in [1.165, 1.54) is 0 Å². The van der Waals surface area contributed by atoms with Crippen molar-refractivity contribution in [3.8, 4) is 0 Å². The zero-order chi connectivity index (χ0) is 17.8. The van der Waals surface area contributed by atoms with E-state index in [0.717, 1.165) is 70.4 Å². The number of carbonyl (C=O) groups excluding carboxylic acids is 1. The molecule has 0 aromatic carbocycles. The number of amides is 1. The molecular weight excluding hydrogens is 320 g/mol. The SMILES string of the molecule is COCCN1CCC(C(=O)N2CCN(c3cc(C)nc(N)n3)CC2)C1. The zero-order valence-electron chi connectivity index (χ0n) is 15.1. The monoisotopic (exact) mass is 348 g/mol. The Kier molecular flexibility index (Phi) is 5.70. The minimum absolute atomic E-state index is 0.125. The zero-order valence-corrected chi connectivity index (χ0v) is 15.1. The molecule has 2 N–H and O–H groups in total. The third-order valence-corrected chi connectivity index (χ3v) is 5.01. The Bertz CT molecular complexity index is 583. The van der Waals surface area contributed by atoms with Gasteiger partial charge in [-0.05, 0) is 19.9 Å². The van der Waals surface area contributed by atoms with Crippen molar-refractivity contribution in [2.24, 2.45) is 5.92 Å². The number of rotatable bonds is 5. The van der Waals surface area contributed by atoms with Gasteiger partial charge in [0.15, 0.2) is 0 Å². The van der Waals surface area contributed by atoms with E-state index in [1.807, 2.05) is 17.9 Å². The molecule has 2 aliphatic rings. The van der Waals surface area contributed by atoms with E-state index in [4.69, 9.17) is 10.5 Å². The first-order valence-electron chi connectivity index (χ1n) is 8.93. The van der Waals surface area contributed by atoms with E-state index < -0.39 is 0 Å². The summed E-state index contributed by atoms with van der Waals surface area (Å²) in [5.41, 5.74) is 6.61. The Morgan fingerprint density at radius 3 is 2.72 bits per heavy atom. The second kappa shape index (κ2) is 7.97. The van der Waals surface area contributed by atoms with Crippen LogP contribution < -0.4 is 10.6 Å². The van der Waals surface area contributed by atoms with Gasteiger partial charge in [-0.25, -0.2) is 4.98 Å². The minimum atomic E-state index is 0.125. The third-order valence-electron chi connectivity index (χ3n) is 5.01. The largest absolute Gasteiger partial charge is 0.383 e. The summed E-state index contributed by atoms with van der Waals surface area (Å²) in [6, 6.07) is 1.94. The van der Waals surface area contributed by atoms with Crippen molar-refractivity contribution >= 4 is 17.7 Å². The molecule has 1 aromatic rings. The Hall–Kier alpha value is -1.93. The summed E-state index contributed by atoms with van der Waals surface area (Å²) in [5, 5.41) is 0. The van der Waals surface area contributed by atoms with Crippen molar-refractivity contribution in [2.75, 3.05) is 70.2 Å². The number of likely N-dealkylation sites (tertiary alicyclic amines) is 1. The van der Waals surface area contributed by atoms with E-state index in [1.54, 1.807) is 7.11 Å². The van der Waals surface area contributed by atoms with Crippen LogP contribution in [0, 0.1) is 12.8 Å². The summed E-state index contributed by atoms with van der Waals surface area (Å²) < 4.78 is 5.12. The molecule has 2 aliphatic heterocycles. The molecule has 2 fully saturated rings. The lowest BCUT2D eigenvalue weighted by Gasteiger charge is -2.36. The van der Waals surface area contributed by atoms with Crippen LogP contribution in [0.5, 0.6) is 0 Å². The number of hydrogen-bond donors (Lipinski definition) is 1. The highest BCUT2D eigenvalue weighted by Crippen LogP contribution is 2.21. The van der Waals surface area contributed by atoms with Gasteiger partial charge in [-0.3, -0.25) is 4.79 Å². The molecule has 0 aliphatic carbocycles. The first kappa shape index (κ1) is 17.9. The molecule has 1 aromatic heterocycles. The molecule has 1 atom stereocenters. The maximum Gasteiger partial charge on any atom is 0.227 e. The van der Waals surface area contributed by atoms with Gasteiger partial charge in [-0.2, -0.15) is 4.98 Å². The highest BCUT2D eigenvalue weighted by Gasteiger charge is 2.32. The van der Waals surface area contributed by atoms with E-state index in [2.05, 4.69) is 19.8 Å². The number of aromatic nitrogens is 2. The van der Waals surface area contributed by atoms with E-state index in [-0.39, 0.29) is 11.8 Å². The number of anilines is 2. The molecule has 8 heteroatoms. The Morgan fingerprint density at radius 2 is 2.04 bits per heavy atom. The second-order valence-corrected chi connectivity index (χ2v) is 6.82. The van der Waals surface area contributed by atoms with Gasteiger partial charge in [0.2, 0.25) is 11.9 Å². The summed E-state index contributed by atoms with van der Waals surface area (Å²) in [5.74, 6) is 1.57. The Labute approximate surface area is 148 Å². The highest BCUT2D eigenvalue weighted by molar-refractivity contribution is 5.79. The first-order valence-corrected chi connectivity index (χ1v) is 8.93. The average Bonchev–Trinajstić information content (AvgIpc) is 3.07. The van der Waals surface area contributed by atoms with Crippen LogP contribution in [-0.2, 0) is 9.53 Å². The second-order valence-electron chi connectivity index (χ2n) is 6.82. The van der Waals surface area contributed by atoms with Crippen LogP contribution in [0.3, 0.4) is 0 Å². The van der Waals surface area contributed by atoms with Crippen LogP contribution in [0.2, 0.25) is 0 Å². The fraction of sp³-hybridized carbons (Fsp3) is 0.706. The quantitative estimate of drug-likeness (QED) is 0.800. The van der Waals surface area contributed by atoms with Gasteiger partial charge in [-0.15, -0.1) is 0 Å². The van der Waals surface area contributed by atoms with Gasteiger partial charge in [0.05, 0.1) is 12.5 Å². The molecule has 0 saturated carbocycles. The molecule has 1 amide bonds. The van der Waals surface area contributed by atoms with Gasteiger partial charge < -0.3 is 25.2 Å². The van der Waals surface area contributed by atoms with Crippen molar-refractivity contribution in [3.63, 3.8) is 0 Å². The molecule has 0 spiro atoms. The van der Waals surface area contributed by atoms with Gasteiger partial charge in [0.25, 0.3) is 0 Å². The van der Waals surface area contributed by atoms with Gasteiger partial charge in [0, 0.05) is 58.1 Å². The normalized spacial score (nSPS) is 21.8. The number of hydrogen-bond acceptors (Lipinski definition) is 7. The number of aryl methyl sites for hydroxylation is 1. The summed E-state index contributed by atoms with van der Waals surface area (Å²) in [6.45, 7) is 8.40. The molecule has 3 rings (SSSR count). The molecule has 8 nitrogen and oxygen atoms in total. The standard InChI is InChI=1S/C17H28N6O2/c1-13-11-15(20-17(18)19-13)22-5-7-23(8-6-22)16(24)14-3-4-21(12-14)9-10-25-2/h11,14H,3-10,12H2,1-2H3,(H2,18,19,20).